The Hall–Kier alpha value is -1.08. The highest BCUT2D eigenvalue weighted by molar-refractivity contribution is 5.14. The molecule has 0 spiro atoms. The van der Waals surface area contributed by atoms with Crippen LogP contribution in [0.25, 0.3) is 0 Å². The third-order valence-electron chi connectivity index (χ3n) is 6.43. The van der Waals surface area contributed by atoms with Gasteiger partial charge in [-0.3, -0.25) is 4.90 Å². The van der Waals surface area contributed by atoms with E-state index in [0.717, 1.165) is 12.5 Å². The van der Waals surface area contributed by atoms with Crippen LogP contribution in [0.3, 0.4) is 0 Å². The van der Waals surface area contributed by atoms with Crippen molar-refractivity contribution in [2.75, 3.05) is 19.6 Å². The Balaban J connectivity index is 1.90. The van der Waals surface area contributed by atoms with Crippen molar-refractivity contribution in [3.8, 4) is 0 Å². The summed E-state index contributed by atoms with van der Waals surface area (Å²) in [6.45, 7) is 12.2. The minimum Gasteiger partial charge on any atom is -0.300 e. The van der Waals surface area contributed by atoms with Crippen LogP contribution in [0.1, 0.15) is 116 Å². The van der Waals surface area contributed by atoms with Crippen molar-refractivity contribution in [1.29, 1.82) is 0 Å². The molecule has 0 aliphatic rings. The molecule has 0 unspecified atom stereocenters. The van der Waals surface area contributed by atoms with Gasteiger partial charge in [-0.2, -0.15) is 0 Å². The first kappa shape index (κ1) is 28.0. The molecule has 178 valence electrons. The summed E-state index contributed by atoms with van der Waals surface area (Å²) < 4.78 is 0. The zero-order valence-corrected chi connectivity index (χ0v) is 21.1. The van der Waals surface area contributed by atoms with Crippen LogP contribution in [0.2, 0.25) is 0 Å². The van der Waals surface area contributed by atoms with Crippen molar-refractivity contribution in [1.82, 2.24) is 4.90 Å². The fourth-order valence-corrected chi connectivity index (χ4v) is 4.44. The lowest BCUT2D eigenvalue weighted by atomic mass is 10.0. The smallest absolute Gasteiger partial charge is 0.0160 e. The molecule has 0 radical (unpaired) electrons. The molecule has 0 amide bonds. The van der Waals surface area contributed by atoms with E-state index in [1.807, 2.05) is 0 Å². The lowest BCUT2D eigenvalue weighted by molar-refractivity contribution is 0.286. The number of hydrogen-bond acceptors (Lipinski definition) is 1. The fourth-order valence-electron chi connectivity index (χ4n) is 4.44. The average molecular weight is 428 g/mol. The van der Waals surface area contributed by atoms with Gasteiger partial charge in [-0.25, -0.2) is 0 Å². The molecule has 0 atom stereocenters. The molecule has 0 bridgehead atoms. The predicted molar refractivity (Wildman–Crippen MR) is 141 cm³/mol. The summed E-state index contributed by atoms with van der Waals surface area (Å²) in [6, 6.07) is 10.9. The third kappa shape index (κ3) is 18.2. The molecular weight excluding hydrogens is 374 g/mol. The van der Waals surface area contributed by atoms with Gasteiger partial charge in [0.2, 0.25) is 0 Å². The van der Waals surface area contributed by atoms with Crippen LogP contribution in [0.4, 0.5) is 0 Å². The first-order chi connectivity index (χ1) is 15.2. The molecule has 1 nitrogen and oxygen atoms in total. The van der Waals surface area contributed by atoms with Crippen molar-refractivity contribution < 1.29 is 0 Å². The highest BCUT2D eigenvalue weighted by Gasteiger charge is 2.03. The lowest BCUT2D eigenvalue weighted by Gasteiger charge is -2.20. The molecule has 1 rings (SSSR count). The number of nitrogens with zero attached hydrogens (tertiary/aromatic N) is 1. The maximum absolute atomic E-state index is 3.97. The van der Waals surface area contributed by atoms with Crippen LogP contribution in [-0.2, 0) is 6.42 Å². The average Bonchev–Trinajstić information content (AvgIpc) is 2.77. The van der Waals surface area contributed by atoms with E-state index in [9.17, 15) is 0 Å². The molecule has 0 saturated carbocycles. The Bertz CT molecular complexity index is 492. The number of benzene rings is 1. The molecule has 0 N–H and O–H groups in total. The number of aryl methyl sites for hydroxylation is 1. The molecule has 0 aliphatic heterocycles. The summed E-state index contributed by atoms with van der Waals surface area (Å²) in [4.78, 5) is 2.62. The highest BCUT2D eigenvalue weighted by atomic mass is 15.1. The van der Waals surface area contributed by atoms with Crippen molar-refractivity contribution in [3.63, 3.8) is 0 Å². The zero-order chi connectivity index (χ0) is 22.4. The zero-order valence-electron chi connectivity index (χ0n) is 21.1. The monoisotopic (exact) mass is 427 g/mol. The summed E-state index contributed by atoms with van der Waals surface area (Å²) >= 11 is 0. The third-order valence-corrected chi connectivity index (χ3v) is 6.43. The molecule has 1 heteroatoms. The summed E-state index contributed by atoms with van der Waals surface area (Å²) in [6.07, 6.45) is 24.4. The Labute approximate surface area is 195 Å². The minimum atomic E-state index is 0.880. The van der Waals surface area contributed by atoms with Crippen molar-refractivity contribution in [2.45, 2.75) is 117 Å². The second-order valence-corrected chi connectivity index (χ2v) is 9.96. The molecule has 0 aromatic heterocycles. The van der Waals surface area contributed by atoms with Gasteiger partial charge in [-0.05, 0) is 50.3 Å². The predicted octanol–water partition coefficient (Wildman–Crippen LogP) is 9.22. The second kappa shape index (κ2) is 20.8. The Kier molecular flexibility index (Phi) is 18.8. The van der Waals surface area contributed by atoms with Gasteiger partial charge in [0.15, 0.2) is 0 Å². The molecule has 0 aliphatic carbocycles. The standard InChI is InChI=1S/C30H53N/c1-4-26-31(27-20-13-9-7-5-6-8-11-16-22-29(2)3)28-21-14-10-12-17-23-30-24-18-15-19-25-30/h4,15,18-19,24-25,29H,1,5-14,16-17,20-23,26-28H2,2-3H3. The van der Waals surface area contributed by atoms with Crippen LogP contribution in [-0.4, -0.2) is 24.5 Å². The Morgan fingerprint density at radius 2 is 1.16 bits per heavy atom. The topological polar surface area (TPSA) is 3.24 Å². The van der Waals surface area contributed by atoms with E-state index in [1.165, 1.54) is 121 Å². The quantitative estimate of drug-likeness (QED) is 0.132. The van der Waals surface area contributed by atoms with Crippen LogP contribution in [0.5, 0.6) is 0 Å². The summed E-state index contributed by atoms with van der Waals surface area (Å²) in [5, 5.41) is 0. The van der Waals surface area contributed by atoms with E-state index in [2.05, 4.69) is 61.7 Å². The Morgan fingerprint density at radius 3 is 1.68 bits per heavy atom. The van der Waals surface area contributed by atoms with Gasteiger partial charge in [-0.15, -0.1) is 6.58 Å². The van der Waals surface area contributed by atoms with E-state index in [4.69, 9.17) is 0 Å². The van der Waals surface area contributed by atoms with Crippen molar-refractivity contribution in [2.24, 2.45) is 5.92 Å². The van der Waals surface area contributed by atoms with Crippen molar-refractivity contribution in [3.05, 3.63) is 48.6 Å². The van der Waals surface area contributed by atoms with Gasteiger partial charge < -0.3 is 0 Å². The molecule has 0 saturated heterocycles. The van der Waals surface area contributed by atoms with Crippen LogP contribution < -0.4 is 0 Å². The molecule has 0 heterocycles. The SMILES string of the molecule is C=CCN(CCCCCCCCCCCC(C)C)CCCCCCCc1ccccc1. The normalized spacial score (nSPS) is 11.5. The van der Waals surface area contributed by atoms with Crippen LogP contribution in [0, 0.1) is 5.92 Å². The van der Waals surface area contributed by atoms with Gasteiger partial charge in [0.1, 0.15) is 0 Å². The lowest BCUT2D eigenvalue weighted by Crippen LogP contribution is -2.26. The number of unbranched alkanes of at least 4 members (excludes halogenated alkanes) is 12. The molecular formula is C30H53N. The maximum atomic E-state index is 3.97. The molecule has 31 heavy (non-hydrogen) atoms. The molecule has 0 fully saturated rings. The van der Waals surface area contributed by atoms with Crippen molar-refractivity contribution >= 4 is 0 Å². The van der Waals surface area contributed by atoms with Gasteiger partial charge in [-0.1, -0.05) is 127 Å². The summed E-state index contributed by atoms with van der Waals surface area (Å²) in [7, 11) is 0. The van der Waals surface area contributed by atoms with E-state index in [1.54, 1.807) is 0 Å². The van der Waals surface area contributed by atoms with E-state index < -0.39 is 0 Å². The van der Waals surface area contributed by atoms with Gasteiger partial charge >= 0.3 is 0 Å². The van der Waals surface area contributed by atoms with Crippen LogP contribution in [0.15, 0.2) is 43.0 Å². The minimum absolute atomic E-state index is 0.880. The Morgan fingerprint density at radius 1 is 0.677 bits per heavy atom. The first-order valence-corrected chi connectivity index (χ1v) is 13.6. The number of hydrogen-bond donors (Lipinski definition) is 0. The van der Waals surface area contributed by atoms with E-state index in [0.29, 0.717) is 0 Å². The largest absolute Gasteiger partial charge is 0.300 e. The van der Waals surface area contributed by atoms with Gasteiger partial charge in [0.05, 0.1) is 0 Å². The fraction of sp³-hybridized carbons (Fsp3) is 0.733. The summed E-state index contributed by atoms with van der Waals surface area (Å²) in [5.41, 5.74) is 1.49. The van der Waals surface area contributed by atoms with E-state index >= 15 is 0 Å². The van der Waals surface area contributed by atoms with Gasteiger partial charge in [0, 0.05) is 6.54 Å². The van der Waals surface area contributed by atoms with Crippen LogP contribution >= 0.6 is 0 Å². The molecule has 1 aromatic rings. The van der Waals surface area contributed by atoms with E-state index in [-0.39, 0.29) is 0 Å². The maximum Gasteiger partial charge on any atom is 0.0160 e. The van der Waals surface area contributed by atoms with Gasteiger partial charge in [0.25, 0.3) is 0 Å². The first-order valence-electron chi connectivity index (χ1n) is 13.6. The highest BCUT2D eigenvalue weighted by Crippen LogP contribution is 2.14. The summed E-state index contributed by atoms with van der Waals surface area (Å²) in [5.74, 6) is 0.880. The second-order valence-electron chi connectivity index (χ2n) is 9.96. The number of rotatable bonds is 22. The molecule has 1 aromatic carbocycles.